The van der Waals surface area contributed by atoms with Crippen molar-refractivity contribution in [3.8, 4) is 0 Å². The zero-order chi connectivity index (χ0) is 11.7. The van der Waals surface area contributed by atoms with Gasteiger partial charge in [0.15, 0.2) is 0 Å². The maximum atomic E-state index is 11.4. The fraction of sp³-hybridized carbons (Fsp3) is 0.545. The van der Waals surface area contributed by atoms with E-state index in [0.29, 0.717) is 25.3 Å². The summed E-state index contributed by atoms with van der Waals surface area (Å²) in [5, 5.41) is 0. The predicted octanol–water partition coefficient (Wildman–Crippen LogP) is 0.535. The van der Waals surface area contributed by atoms with Crippen LogP contribution in [0, 0.1) is 0 Å². The Hall–Kier alpha value is -1.49. The van der Waals surface area contributed by atoms with E-state index in [1.807, 2.05) is 0 Å². The lowest BCUT2D eigenvalue weighted by molar-refractivity contribution is -0.118. The molecule has 1 atom stereocenters. The second-order valence-electron chi connectivity index (χ2n) is 4.02. The summed E-state index contributed by atoms with van der Waals surface area (Å²) in [6.07, 6.45) is 0.671. The predicted molar refractivity (Wildman–Crippen MR) is 57.3 cm³/mol. The van der Waals surface area contributed by atoms with Crippen LogP contribution in [0.25, 0.3) is 0 Å². The summed E-state index contributed by atoms with van der Waals surface area (Å²) in [6.45, 7) is 4.29. The molecule has 2 heterocycles. The molecule has 0 spiro atoms. The van der Waals surface area contributed by atoms with E-state index >= 15 is 0 Å². The average molecular weight is 222 g/mol. The molecule has 0 saturated carbocycles. The average Bonchev–Trinajstić information content (AvgIpc) is 2.26. The minimum Gasteiger partial charge on any atom is -0.376 e. The van der Waals surface area contributed by atoms with Crippen LogP contribution in [0.5, 0.6) is 0 Å². The van der Waals surface area contributed by atoms with E-state index in [4.69, 9.17) is 4.74 Å². The van der Waals surface area contributed by atoms with Gasteiger partial charge in [0.1, 0.15) is 5.78 Å². The number of ketones is 1. The lowest BCUT2D eigenvalue weighted by atomic mass is 9.96. The molecular weight excluding hydrogens is 208 g/mol. The standard InChI is InChI=1S/C11H14N2O3/c1-6(7(2)14)10-8-5-16-4-3-9(8)12-11(15)13-10/h6H,3-5H2,1-2H3,(H,12,13,15). The Morgan fingerprint density at radius 1 is 1.56 bits per heavy atom. The molecule has 1 aliphatic rings. The van der Waals surface area contributed by atoms with Crippen LogP contribution in [0.1, 0.15) is 36.7 Å². The number of aromatic amines is 1. The highest BCUT2D eigenvalue weighted by Gasteiger charge is 2.22. The van der Waals surface area contributed by atoms with Gasteiger partial charge in [-0.05, 0) is 13.8 Å². The number of carbonyl (C=O) groups is 1. The largest absolute Gasteiger partial charge is 0.376 e. The van der Waals surface area contributed by atoms with E-state index in [0.717, 1.165) is 11.3 Å². The zero-order valence-corrected chi connectivity index (χ0v) is 9.37. The molecule has 1 unspecified atom stereocenters. The van der Waals surface area contributed by atoms with E-state index in [-0.39, 0.29) is 17.4 Å². The van der Waals surface area contributed by atoms with Crippen molar-refractivity contribution in [3.63, 3.8) is 0 Å². The highest BCUT2D eigenvalue weighted by atomic mass is 16.5. The third kappa shape index (κ3) is 1.90. The third-order valence-corrected chi connectivity index (χ3v) is 2.92. The van der Waals surface area contributed by atoms with Crippen LogP contribution in [0.2, 0.25) is 0 Å². The van der Waals surface area contributed by atoms with Gasteiger partial charge in [-0.3, -0.25) is 4.79 Å². The number of hydrogen-bond donors (Lipinski definition) is 1. The number of nitrogens with zero attached hydrogens (tertiary/aromatic N) is 1. The Morgan fingerprint density at radius 2 is 2.31 bits per heavy atom. The van der Waals surface area contributed by atoms with Gasteiger partial charge in [-0.2, -0.15) is 4.98 Å². The molecule has 0 bridgehead atoms. The quantitative estimate of drug-likeness (QED) is 0.792. The third-order valence-electron chi connectivity index (χ3n) is 2.92. The normalized spacial score (nSPS) is 16.6. The van der Waals surface area contributed by atoms with Crippen molar-refractivity contribution in [1.29, 1.82) is 0 Å². The van der Waals surface area contributed by atoms with Crippen LogP contribution in [-0.2, 0) is 22.6 Å². The number of nitrogens with one attached hydrogen (secondary N) is 1. The molecule has 1 aromatic rings. The van der Waals surface area contributed by atoms with Crippen LogP contribution < -0.4 is 5.69 Å². The minimum atomic E-state index is -0.385. The van der Waals surface area contributed by atoms with Crippen molar-refractivity contribution >= 4 is 5.78 Å². The summed E-state index contributed by atoms with van der Waals surface area (Å²) >= 11 is 0. The summed E-state index contributed by atoms with van der Waals surface area (Å²) < 4.78 is 5.33. The van der Waals surface area contributed by atoms with Gasteiger partial charge in [0, 0.05) is 17.7 Å². The second kappa shape index (κ2) is 4.17. The van der Waals surface area contributed by atoms with Gasteiger partial charge in [-0.15, -0.1) is 0 Å². The molecule has 1 aliphatic heterocycles. The van der Waals surface area contributed by atoms with Crippen LogP contribution in [0.3, 0.4) is 0 Å². The molecule has 0 aromatic carbocycles. The first-order chi connectivity index (χ1) is 7.59. The summed E-state index contributed by atoms with van der Waals surface area (Å²) in [7, 11) is 0. The van der Waals surface area contributed by atoms with Crippen molar-refractivity contribution in [3.05, 3.63) is 27.4 Å². The molecule has 2 rings (SSSR count). The summed E-state index contributed by atoms with van der Waals surface area (Å²) in [5.41, 5.74) is 1.90. The van der Waals surface area contributed by atoms with Gasteiger partial charge < -0.3 is 9.72 Å². The maximum absolute atomic E-state index is 11.4. The monoisotopic (exact) mass is 222 g/mol. The van der Waals surface area contributed by atoms with Gasteiger partial charge in [0.05, 0.1) is 24.8 Å². The molecule has 86 valence electrons. The van der Waals surface area contributed by atoms with E-state index in [1.165, 1.54) is 6.92 Å². The summed E-state index contributed by atoms with van der Waals surface area (Å²) in [5.74, 6) is -0.344. The van der Waals surface area contributed by atoms with Crippen molar-refractivity contribution in [2.75, 3.05) is 6.61 Å². The number of fused-ring (bicyclic) bond motifs is 1. The van der Waals surface area contributed by atoms with Gasteiger partial charge in [0.2, 0.25) is 0 Å². The van der Waals surface area contributed by atoms with E-state index in [9.17, 15) is 9.59 Å². The topological polar surface area (TPSA) is 72.0 Å². The van der Waals surface area contributed by atoms with E-state index < -0.39 is 0 Å². The van der Waals surface area contributed by atoms with Crippen molar-refractivity contribution in [1.82, 2.24) is 9.97 Å². The van der Waals surface area contributed by atoms with Crippen molar-refractivity contribution < 1.29 is 9.53 Å². The Morgan fingerprint density at radius 3 is 3.00 bits per heavy atom. The number of carbonyl (C=O) groups excluding carboxylic acids is 1. The highest BCUT2D eigenvalue weighted by molar-refractivity contribution is 5.82. The number of rotatable bonds is 2. The van der Waals surface area contributed by atoms with Crippen LogP contribution in [-0.4, -0.2) is 22.4 Å². The van der Waals surface area contributed by atoms with Crippen molar-refractivity contribution in [2.45, 2.75) is 32.8 Å². The number of Topliss-reactive ketones (excluding diaryl/α,β-unsaturated/α-hetero) is 1. The fourth-order valence-electron chi connectivity index (χ4n) is 1.84. The van der Waals surface area contributed by atoms with E-state index in [2.05, 4.69) is 9.97 Å². The van der Waals surface area contributed by atoms with E-state index in [1.54, 1.807) is 6.92 Å². The summed E-state index contributed by atoms with van der Waals surface area (Å²) in [6, 6.07) is 0. The molecule has 5 heteroatoms. The number of H-pyrrole nitrogens is 1. The molecule has 5 nitrogen and oxygen atoms in total. The van der Waals surface area contributed by atoms with Crippen LogP contribution >= 0.6 is 0 Å². The smallest absolute Gasteiger partial charge is 0.345 e. The first kappa shape index (κ1) is 11.0. The SMILES string of the molecule is CC(=O)C(C)c1nc(=O)[nH]c2c1COCC2. The number of hydrogen-bond acceptors (Lipinski definition) is 4. The molecular formula is C11H14N2O3. The maximum Gasteiger partial charge on any atom is 0.345 e. The summed E-state index contributed by atoms with van der Waals surface area (Å²) in [4.78, 5) is 29.3. The van der Waals surface area contributed by atoms with Gasteiger partial charge in [-0.25, -0.2) is 4.79 Å². The second-order valence-corrected chi connectivity index (χ2v) is 4.02. The lowest BCUT2D eigenvalue weighted by Gasteiger charge is -2.20. The Kier molecular flexibility index (Phi) is 2.87. The molecule has 1 aromatic heterocycles. The molecule has 0 saturated heterocycles. The Bertz CT molecular complexity index is 479. The fourth-order valence-corrected chi connectivity index (χ4v) is 1.84. The van der Waals surface area contributed by atoms with Crippen LogP contribution in [0.15, 0.2) is 4.79 Å². The first-order valence-corrected chi connectivity index (χ1v) is 5.29. The molecule has 0 radical (unpaired) electrons. The molecule has 16 heavy (non-hydrogen) atoms. The van der Waals surface area contributed by atoms with Gasteiger partial charge in [-0.1, -0.05) is 0 Å². The molecule has 1 N–H and O–H groups in total. The van der Waals surface area contributed by atoms with Crippen LogP contribution in [0.4, 0.5) is 0 Å². The molecule has 0 fully saturated rings. The number of ether oxygens (including phenoxy) is 1. The first-order valence-electron chi connectivity index (χ1n) is 5.29. The number of aromatic nitrogens is 2. The lowest BCUT2D eigenvalue weighted by Crippen LogP contribution is -2.26. The molecule has 0 amide bonds. The zero-order valence-electron chi connectivity index (χ0n) is 9.37. The minimum absolute atomic E-state index is 0.00544. The van der Waals surface area contributed by atoms with Crippen molar-refractivity contribution in [2.24, 2.45) is 0 Å². The van der Waals surface area contributed by atoms with Gasteiger partial charge >= 0.3 is 5.69 Å². The highest BCUT2D eigenvalue weighted by Crippen LogP contribution is 2.22. The van der Waals surface area contributed by atoms with Gasteiger partial charge in [0.25, 0.3) is 0 Å². The Balaban J connectivity index is 2.55. The molecule has 0 aliphatic carbocycles. The Labute approximate surface area is 92.9 Å².